The minimum atomic E-state index is -6.52. The van der Waals surface area contributed by atoms with Crippen LogP contribution in [-0.4, -0.2) is 66.1 Å². The van der Waals surface area contributed by atoms with Crippen molar-refractivity contribution in [2.24, 2.45) is 0 Å². The zero-order valence-corrected chi connectivity index (χ0v) is 13.8. The molecule has 1 aliphatic rings. The van der Waals surface area contributed by atoms with Gasteiger partial charge in [0.1, 0.15) is 0 Å². The molecule has 27 heavy (non-hydrogen) atoms. The van der Waals surface area contributed by atoms with Crippen molar-refractivity contribution in [2.45, 2.75) is 30.7 Å². The van der Waals surface area contributed by atoms with Gasteiger partial charge in [0.25, 0.3) is 5.91 Å². The van der Waals surface area contributed by atoms with E-state index in [1.165, 1.54) is 0 Å². The average molecular weight is 404 g/mol. The van der Waals surface area contributed by atoms with Crippen molar-refractivity contribution in [3.05, 3.63) is 35.9 Å². The van der Waals surface area contributed by atoms with Gasteiger partial charge in [-0.15, -0.1) is 0 Å². The van der Waals surface area contributed by atoms with Crippen LogP contribution in [0.1, 0.15) is 5.56 Å². The normalized spacial score (nSPS) is 17.4. The number of carbonyl (C=O) groups is 1. The van der Waals surface area contributed by atoms with Crippen molar-refractivity contribution in [3.63, 3.8) is 0 Å². The lowest BCUT2D eigenvalue weighted by molar-refractivity contribution is -0.330. The Kier molecular flexibility index (Phi) is 6.03. The lowest BCUT2D eigenvalue weighted by Gasteiger charge is -2.38. The number of halogens is 8. The van der Waals surface area contributed by atoms with Crippen molar-refractivity contribution in [2.75, 3.05) is 26.2 Å². The molecule has 1 aromatic carbocycles. The van der Waals surface area contributed by atoms with Gasteiger partial charge in [-0.05, 0) is 5.56 Å². The van der Waals surface area contributed by atoms with Crippen LogP contribution in [0, 0.1) is 0 Å². The fraction of sp³-hybridized carbons (Fsp3) is 0.562. The Morgan fingerprint density at radius 1 is 0.926 bits per heavy atom. The summed E-state index contributed by atoms with van der Waals surface area (Å²) >= 11 is 0. The van der Waals surface area contributed by atoms with Gasteiger partial charge in [0, 0.05) is 32.7 Å². The Morgan fingerprint density at radius 3 is 1.93 bits per heavy atom. The van der Waals surface area contributed by atoms with Crippen molar-refractivity contribution in [1.29, 1.82) is 0 Å². The number of benzene rings is 1. The molecule has 152 valence electrons. The van der Waals surface area contributed by atoms with Crippen LogP contribution in [0.25, 0.3) is 0 Å². The van der Waals surface area contributed by atoms with Crippen LogP contribution < -0.4 is 0 Å². The SMILES string of the molecule is O=C(N1CCN(Cc2ccccc2)CC1)C(F)(F)C(F)(F)C(F)(F)C(F)F. The summed E-state index contributed by atoms with van der Waals surface area (Å²) in [6, 6.07) is 8.96. The Hall–Kier alpha value is -1.91. The molecule has 1 heterocycles. The third-order valence-electron chi connectivity index (χ3n) is 4.26. The summed E-state index contributed by atoms with van der Waals surface area (Å²) in [6.45, 7) is -0.352. The van der Waals surface area contributed by atoms with Crippen LogP contribution in [0.4, 0.5) is 35.1 Å². The molecule has 1 saturated heterocycles. The Labute approximate surface area is 149 Å². The average Bonchev–Trinajstić information content (AvgIpc) is 2.62. The summed E-state index contributed by atoms with van der Waals surface area (Å²) < 4.78 is 104. The van der Waals surface area contributed by atoms with Crippen LogP contribution in [0.15, 0.2) is 30.3 Å². The maximum atomic E-state index is 13.7. The molecule has 0 aliphatic carbocycles. The third kappa shape index (κ3) is 4.02. The molecule has 1 aromatic rings. The highest BCUT2D eigenvalue weighted by Gasteiger charge is 2.78. The molecular weight excluding hydrogens is 388 g/mol. The lowest BCUT2D eigenvalue weighted by Crippen LogP contribution is -2.65. The highest BCUT2D eigenvalue weighted by molar-refractivity contribution is 5.85. The van der Waals surface area contributed by atoms with Gasteiger partial charge >= 0.3 is 24.2 Å². The fourth-order valence-electron chi connectivity index (χ4n) is 2.63. The summed E-state index contributed by atoms with van der Waals surface area (Å²) in [5.41, 5.74) is 0.894. The molecule has 0 atom stereocenters. The monoisotopic (exact) mass is 404 g/mol. The first kappa shape index (κ1) is 21.4. The van der Waals surface area contributed by atoms with Gasteiger partial charge in [-0.3, -0.25) is 9.69 Å². The molecule has 1 aliphatic heterocycles. The minimum absolute atomic E-state index is 0.0352. The van der Waals surface area contributed by atoms with E-state index in [1.54, 1.807) is 35.2 Å². The van der Waals surface area contributed by atoms with Crippen LogP contribution in [0.5, 0.6) is 0 Å². The van der Waals surface area contributed by atoms with E-state index in [1.807, 2.05) is 0 Å². The number of hydrogen-bond donors (Lipinski definition) is 0. The van der Waals surface area contributed by atoms with Gasteiger partial charge in [0.15, 0.2) is 0 Å². The first-order valence-corrected chi connectivity index (χ1v) is 7.88. The zero-order valence-electron chi connectivity index (χ0n) is 13.8. The van der Waals surface area contributed by atoms with Crippen molar-refractivity contribution in [1.82, 2.24) is 9.80 Å². The van der Waals surface area contributed by atoms with Gasteiger partial charge in [0.05, 0.1) is 0 Å². The van der Waals surface area contributed by atoms with E-state index in [2.05, 4.69) is 0 Å². The van der Waals surface area contributed by atoms with E-state index >= 15 is 0 Å². The number of hydrogen-bond acceptors (Lipinski definition) is 2. The number of amides is 1. The minimum Gasteiger partial charge on any atom is -0.335 e. The van der Waals surface area contributed by atoms with Crippen LogP contribution >= 0.6 is 0 Å². The molecule has 0 saturated carbocycles. The molecule has 3 nitrogen and oxygen atoms in total. The molecule has 2 rings (SSSR count). The van der Waals surface area contributed by atoms with Crippen LogP contribution in [0.3, 0.4) is 0 Å². The standard InChI is InChI=1S/C16H16F8N2O/c17-12(18)14(19,20)16(23,24)15(21,22)13(27)26-8-6-25(7-9-26)10-11-4-2-1-3-5-11/h1-5,12H,6-10H2. The van der Waals surface area contributed by atoms with Gasteiger partial charge < -0.3 is 4.90 Å². The largest absolute Gasteiger partial charge is 0.392 e. The summed E-state index contributed by atoms with van der Waals surface area (Å²) in [5, 5.41) is 0. The predicted octanol–water partition coefficient (Wildman–Crippen LogP) is 3.50. The third-order valence-corrected chi connectivity index (χ3v) is 4.26. The summed E-state index contributed by atoms with van der Waals surface area (Å²) in [4.78, 5) is 13.7. The maximum Gasteiger partial charge on any atom is 0.392 e. The van der Waals surface area contributed by atoms with E-state index in [0.29, 0.717) is 6.54 Å². The molecule has 1 amide bonds. The van der Waals surface area contributed by atoms with Crippen molar-refractivity contribution >= 4 is 5.91 Å². The maximum absolute atomic E-state index is 13.7. The first-order chi connectivity index (χ1) is 12.4. The van der Waals surface area contributed by atoms with Crippen molar-refractivity contribution in [3.8, 4) is 0 Å². The molecule has 0 bridgehead atoms. The smallest absolute Gasteiger partial charge is 0.335 e. The van der Waals surface area contributed by atoms with Crippen molar-refractivity contribution < 1.29 is 39.9 Å². The van der Waals surface area contributed by atoms with E-state index in [9.17, 15) is 39.9 Å². The summed E-state index contributed by atoms with van der Waals surface area (Å²) in [6.07, 6.45) is -5.05. The number of carbonyl (C=O) groups excluding carboxylic acids is 1. The summed E-state index contributed by atoms with van der Waals surface area (Å²) in [5.74, 6) is -21.4. The number of rotatable bonds is 6. The highest BCUT2D eigenvalue weighted by Crippen LogP contribution is 2.49. The second-order valence-electron chi connectivity index (χ2n) is 6.13. The quantitative estimate of drug-likeness (QED) is 0.678. The molecule has 0 spiro atoms. The van der Waals surface area contributed by atoms with Gasteiger partial charge in [-0.25, -0.2) is 8.78 Å². The van der Waals surface area contributed by atoms with E-state index in [-0.39, 0.29) is 18.0 Å². The fourth-order valence-corrected chi connectivity index (χ4v) is 2.63. The summed E-state index contributed by atoms with van der Waals surface area (Å²) in [7, 11) is 0. The molecule has 0 radical (unpaired) electrons. The highest BCUT2D eigenvalue weighted by atomic mass is 19.4. The molecule has 0 N–H and O–H groups in total. The van der Waals surface area contributed by atoms with E-state index < -0.39 is 43.2 Å². The zero-order chi connectivity index (χ0) is 20.5. The van der Waals surface area contributed by atoms with Gasteiger partial charge in [-0.1, -0.05) is 30.3 Å². The second-order valence-corrected chi connectivity index (χ2v) is 6.13. The Balaban J connectivity index is 2.03. The molecule has 11 heteroatoms. The van der Waals surface area contributed by atoms with Crippen LogP contribution in [-0.2, 0) is 11.3 Å². The second kappa shape index (κ2) is 7.61. The number of piperazine rings is 1. The van der Waals surface area contributed by atoms with E-state index in [4.69, 9.17) is 0 Å². The van der Waals surface area contributed by atoms with Crippen LogP contribution in [0.2, 0.25) is 0 Å². The predicted molar refractivity (Wildman–Crippen MR) is 79.1 cm³/mol. The molecule has 0 unspecified atom stereocenters. The van der Waals surface area contributed by atoms with Gasteiger partial charge in [0.2, 0.25) is 0 Å². The van der Waals surface area contributed by atoms with E-state index in [0.717, 1.165) is 5.56 Å². The molecule has 1 fully saturated rings. The Bertz CT molecular complexity index is 645. The molecule has 0 aromatic heterocycles. The number of alkyl halides is 8. The number of nitrogens with zero attached hydrogens (tertiary/aromatic N) is 2. The lowest BCUT2D eigenvalue weighted by atomic mass is 10.0. The Morgan fingerprint density at radius 2 is 1.44 bits per heavy atom. The first-order valence-electron chi connectivity index (χ1n) is 7.88. The molecular formula is C16H16F8N2O. The topological polar surface area (TPSA) is 23.6 Å². The van der Waals surface area contributed by atoms with Gasteiger partial charge in [-0.2, -0.15) is 26.3 Å².